The van der Waals surface area contributed by atoms with Crippen LogP contribution in [0.2, 0.25) is 18.1 Å². The second-order valence-corrected chi connectivity index (χ2v) is 12.5. The van der Waals surface area contributed by atoms with Crippen LogP contribution in [0, 0.1) is 0 Å². The van der Waals surface area contributed by atoms with Crippen LogP contribution in [0.15, 0.2) is 35.5 Å². The molecule has 4 heteroatoms. The summed E-state index contributed by atoms with van der Waals surface area (Å²) in [4.78, 5) is 11.3. The fraction of sp³-hybridized carbons (Fsp3) is 0.650. The Balaban J connectivity index is 4.23. The number of hydrogen-bond acceptors (Lipinski definition) is 3. The number of esters is 1. The molecule has 0 fully saturated rings. The van der Waals surface area contributed by atoms with E-state index in [-0.39, 0.29) is 11.0 Å². The lowest BCUT2D eigenvalue weighted by Crippen LogP contribution is -2.41. The summed E-state index contributed by atoms with van der Waals surface area (Å²) in [6.45, 7) is 18.3. The highest BCUT2D eigenvalue weighted by atomic mass is 28.4. The van der Waals surface area contributed by atoms with Crippen molar-refractivity contribution in [3.05, 3.63) is 35.5 Å². The molecule has 0 spiro atoms. The molecule has 0 aliphatic rings. The van der Waals surface area contributed by atoms with Gasteiger partial charge in [-0.3, -0.25) is 0 Å². The monoisotopic (exact) mass is 352 g/mol. The van der Waals surface area contributed by atoms with Gasteiger partial charge in [-0.15, -0.1) is 0 Å². The lowest BCUT2D eigenvalue weighted by atomic mass is 10.2. The Bertz CT molecular complexity index is 480. The van der Waals surface area contributed by atoms with Gasteiger partial charge in [0.1, 0.15) is 0 Å². The van der Waals surface area contributed by atoms with Crippen LogP contribution in [0.5, 0.6) is 0 Å². The SMILES string of the molecule is CCOC(=O)/C=C(C)\C=C\CC/C=C(\C)CO[Si](C)(C)C(C)(C)C. The number of hydrogen-bond donors (Lipinski definition) is 0. The van der Waals surface area contributed by atoms with Gasteiger partial charge in [0.15, 0.2) is 8.32 Å². The van der Waals surface area contributed by atoms with Crippen LogP contribution >= 0.6 is 0 Å². The van der Waals surface area contributed by atoms with Crippen LogP contribution in [0.3, 0.4) is 0 Å². The number of unbranched alkanes of at least 4 members (excludes halogenated alkanes) is 1. The number of carbonyl (C=O) groups excluding carboxylic acids is 1. The highest BCUT2D eigenvalue weighted by Crippen LogP contribution is 2.36. The molecule has 138 valence electrons. The van der Waals surface area contributed by atoms with E-state index in [1.54, 1.807) is 6.92 Å². The van der Waals surface area contributed by atoms with E-state index >= 15 is 0 Å². The first-order valence-electron chi connectivity index (χ1n) is 8.80. The maximum absolute atomic E-state index is 11.3. The van der Waals surface area contributed by atoms with E-state index in [0.29, 0.717) is 6.61 Å². The summed E-state index contributed by atoms with van der Waals surface area (Å²) >= 11 is 0. The fourth-order valence-electron chi connectivity index (χ4n) is 1.68. The third-order valence-corrected chi connectivity index (χ3v) is 8.78. The number of ether oxygens (including phenoxy) is 1. The molecule has 0 saturated heterocycles. The molecule has 0 rings (SSSR count). The van der Waals surface area contributed by atoms with Crippen molar-refractivity contribution in [2.45, 2.75) is 72.5 Å². The first kappa shape index (κ1) is 22.9. The molecule has 0 aromatic rings. The van der Waals surface area contributed by atoms with E-state index in [2.05, 4.69) is 52.9 Å². The number of allylic oxidation sites excluding steroid dienone is 4. The van der Waals surface area contributed by atoms with E-state index in [1.165, 1.54) is 11.6 Å². The molecule has 3 nitrogen and oxygen atoms in total. The van der Waals surface area contributed by atoms with E-state index in [1.807, 2.05) is 13.0 Å². The second kappa shape index (κ2) is 10.7. The highest BCUT2D eigenvalue weighted by molar-refractivity contribution is 6.74. The van der Waals surface area contributed by atoms with Crippen LogP contribution in [0.1, 0.15) is 54.4 Å². The van der Waals surface area contributed by atoms with Crippen LogP contribution in [0.4, 0.5) is 0 Å². The quantitative estimate of drug-likeness (QED) is 0.131. The minimum atomic E-state index is -1.67. The molecule has 0 aliphatic heterocycles. The average molecular weight is 353 g/mol. The minimum Gasteiger partial charge on any atom is -0.463 e. The first-order valence-corrected chi connectivity index (χ1v) is 11.7. The van der Waals surface area contributed by atoms with Crippen molar-refractivity contribution in [2.24, 2.45) is 0 Å². The predicted molar refractivity (Wildman–Crippen MR) is 106 cm³/mol. The van der Waals surface area contributed by atoms with Crippen molar-refractivity contribution < 1.29 is 14.0 Å². The molecule has 0 unspecified atom stereocenters. The smallest absolute Gasteiger partial charge is 0.330 e. The van der Waals surface area contributed by atoms with Gasteiger partial charge in [-0.05, 0) is 57.3 Å². The standard InChI is InChI=1S/C20H36O3Si/c1-9-22-19(21)15-17(2)13-11-10-12-14-18(3)16-23-24(7,8)20(4,5)6/h11,13-15H,9-10,12,16H2,1-8H3/b13-11+,17-15-,18-14+. The summed E-state index contributed by atoms with van der Waals surface area (Å²) in [5.41, 5.74) is 2.20. The number of rotatable bonds is 9. The molecule has 0 bridgehead atoms. The Morgan fingerprint density at radius 2 is 1.75 bits per heavy atom. The molecular weight excluding hydrogens is 316 g/mol. The highest BCUT2D eigenvalue weighted by Gasteiger charge is 2.36. The van der Waals surface area contributed by atoms with Crippen LogP contribution in [-0.4, -0.2) is 27.5 Å². The van der Waals surface area contributed by atoms with Gasteiger partial charge in [-0.2, -0.15) is 0 Å². The summed E-state index contributed by atoms with van der Waals surface area (Å²) in [6.07, 6.45) is 9.74. The van der Waals surface area contributed by atoms with Gasteiger partial charge in [0.2, 0.25) is 0 Å². The summed E-state index contributed by atoms with van der Waals surface area (Å²) < 4.78 is 11.1. The molecule has 0 amide bonds. The molecular formula is C20H36O3Si. The molecule has 0 atom stereocenters. The Labute approximate surface area is 149 Å². The summed E-state index contributed by atoms with van der Waals surface area (Å²) in [5.74, 6) is -0.279. The van der Waals surface area contributed by atoms with Gasteiger partial charge in [-0.1, -0.05) is 44.6 Å². The average Bonchev–Trinajstić information content (AvgIpc) is 2.43. The minimum absolute atomic E-state index is 0.249. The summed E-state index contributed by atoms with van der Waals surface area (Å²) in [6, 6.07) is 0. The molecule has 0 aromatic carbocycles. The van der Waals surface area contributed by atoms with Crippen LogP contribution in [-0.2, 0) is 14.0 Å². The third-order valence-electron chi connectivity index (χ3n) is 4.31. The van der Waals surface area contributed by atoms with Gasteiger partial charge in [-0.25, -0.2) is 4.79 Å². The van der Waals surface area contributed by atoms with Crippen molar-refractivity contribution in [2.75, 3.05) is 13.2 Å². The Morgan fingerprint density at radius 1 is 1.12 bits per heavy atom. The van der Waals surface area contributed by atoms with Gasteiger partial charge in [0.05, 0.1) is 13.2 Å². The maximum atomic E-state index is 11.3. The van der Waals surface area contributed by atoms with E-state index < -0.39 is 8.32 Å². The lowest BCUT2D eigenvalue weighted by molar-refractivity contribution is -0.137. The van der Waals surface area contributed by atoms with Crippen molar-refractivity contribution in [1.82, 2.24) is 0 Å². The zero-order valence-electron chi connectivity index (χ0n) is 16.9. The zero-order valence-corrected chi connectivity index (χ0v) is 17.9. The molecule has 0 radical (unpaired) electrons. The van der Waals surface area contributed by atoms with Gasteiger partial charge in [0.25, 0.3) is 0 Å². The van der Waals surface area contributed by atoms with Crippen molar-refractivity contribution >= 4 is 14.3 Å². The van der Waals surface area contributed by atoms with Crippen LogP contribution in [0.25, 0.3) is 0 Å². The maximum Gasteiger partial charge on any atom is 0.330 e. The Hall–Kier alpha value is -1.13. The Kier molecular flexibility index (Phi) is 10.2. The first-order chi connectivity index (χ1) is 11.0. The summed E-state index contributed by atoms with van der Waals surface area (Å²) in [5, 5.41) is 0.249. The largest absolute Gasteiger partial charge is 0.463 e. The normalized spacial score (nSPS) is 14.3. The van der Waals surface area contributed by atoms with Crippen molar-refractivity contribution in [1.29, 1.82) is 0 Å². The van der Waals surface area contributed by atoms with Gasteiger partial charge in [0, 0.05) is 6.08 Å². The summed E-state index contributed by atoms with van der Waals surface area (Å²) in [7, 11) is -1.67. The van der Waals surface area contributed by atoms with Crippen molar-refractivity contribution in [3.63, 3.8) is 0 Å². The fourth-order valence-corrected chi connectivity index (χ4v) is 2.70. The van der Waals surface area contributed by atoms with Crippen LogP contribution < -0.4 is 0 Å². The van der Waals surface area contributed by atoms with Crippen molar-refractivity contribution in [3.8, 4) is 0 Å². The Morgan fingerprint density at radius 3 is 2.29 bits per heavy atom. The number of carbonyl (C=O) groups is 1. The molecule has 0 heterocycles. The lowest BCUT2D eigenvalue weighted by Gasteiger charge is -2.36. The van der Waals surface area contributed by atoms with Gasteiger partial charge >= 0.3 is 5.97 Å². The zero-order chi connectivity index (χ0) is 18.8. The van der Waals surface area contributed by atoms with E-state index in [4.69, 9.17) is 9.16 Å². The molecule has 24 heavy (non-hydrogen) atoms. The topological polar surface area (TPSA) is 35.5 Å². The van der Waals surface area contributed by atoms with Gasteiger partial charge < -0.3 is 9.16 Å². The van der Waals surface area contributed by atoms with E-state index in [0.717, 1.165) is 25.0 Å². The third kappa shape index (κ3) is 9.88. The molecule has 0 aromatic heterocycles. The van der Waals surface area contributed by atoms with E-state index in [9.17, 15) is 4.79 Å². The predicted octanol–water partition coefficient (Wildman–Crippen LogP) is 5.80. The second-order valence-electron chi connectivity index (χ2n) is 7.72. The molecule has 0 saturated carbocycles. The molecule has 0 aliphatic carbocycles. The molecule has 0 N–H and O–H groups in total.